The molecule has 16 heavy (non-hydrogen) atoms. The third-order valence-electron chi connectivity index (χ3n) is 3.58. The smallest absolute Gasteiger partial charge is 0.0678 e. The lowest BCUT2D eigenvalue weighted by atomic mass is 9.74. The minimum Gasteiger partial charge on any atom is -0.396 e. The Labute approximate surface area is 100 Å². The highest BCUT2D eigenvalue weighted by Gasteiger charge is 2.37. The monoisotopic (exact) mass is 231 g/mol. The van der Waals surface area contributed by atoms with E-state index in [9.17, 15) is 0 Å². The second kappa shape index (κ2) is 5.48. The predicted molar refractivity (Wildman–Crippen MR) is 68.4 cm³/mol. The van der Waals surface area contributed by atoms with Crippen LogP contribution in [0.4, 0.5) is 0 Å². The normalized spacial score (nSPS) is 14.2. The zero-order valence-corrected chi connectivity index (χ0v) is 11.8. The predicted octanol–water partition coefficient (Wildman–Crippen LogP) is 2.32. The molecule has 98 valence electrons. The Bertz CT molecular complexity index is 204. The molecule has 0 amide bonds. The van der Waals surface area contributed by atoms with Gasteiger partial charge in [-0.1, -0.05) is 13.8 Å². The molecule has 0 unspecified atom stereocenters. The van der Waals surface area contributed by atoms with E-state index in [1.165, 1.54) is 0 Å². The fraction of sp³-hybridized carbons (Fsp3) is 1.00. The SMILES string of the molecule is CC(C)(N)CCOC(C)(C)C(C)(C)CCO. The molecule has 0 radical (unpaired) electrons. The quantitative estimate of drug-likeness (QED) is 0.707. The van der Waals surface area contributed by atoms with E-state index in [1.807, 2.05) is 13.8 Å². The lowest BCUT2D eigenvalue weighted by Crippen LogP contribution is -2.44. The number of hydrogen-bond donors (Lipinski definition) is 2. The minimum absolute atomic E-state index is 0.0412. The average Bonchev–Trinajstić information content (AvgIpc) is 2.00. The van der Waals surface area contributed by atoms with Crippen LogP contribution in [-0.4, -0.2) is 29.5 Å². The molecule has 3 N–H and O–H groups in total. The molecule has 0 saturated heterocycles. The van der Waals surface area contributed by atoms with Gasteiger partial charge in [0.25, 0.3) is 0 Å². The van der Waals surface area contributed by atoms with Crippen LogP contribution in [0, 0.1) is 5.41 Å². The summed E-state index contributed by atoms with van der Waals surface area (Å²) in [5, 5.41) is 9.04. The van der Waals surface area contributed by atoms with Gasteiger partial charge in [0.05, 0.1) is 5.60 Å². The van der Waals surface area contributed by atoms with Crippen LogP contribution in [0.25, 0.3) is 0 Å². The van der Waals surface area contributed by atoms with Gasteiger partial charge >= 0.3 is 0 Å². The Balaban J connectivity index is 4.24. The Kier molecular flexibility index (Phi) is 5.44. The Morgan fingerprint density at radius 1 is 1.00 bits per heavy atom. The van der Waals surface area contributed by atoms with Crippen LogP contribution < -0.4 is 5.73 Å². The van der Waals surface area contributed by atoms with Gasteiger partial charge in [-0.05, 0) is 46.0 Å². The summed E-state index contributed by atoms with van der Waals surface area (Å²) in [4.78, 5) is 0. The molecular weight excluding hydrogens is 202 g/mol. The number of ether oxygens (including phenoxy) is 1. The molecule has 0 heterocycles. The van der Waals surface area contributed by atoms with E-state index in [2.05, 4.69) is 27.7 Å². The molecular formula is C13H29NO2. The second-order valence-electron chi connectivity index (χ2n) is 6.45. The van der Waals surface area contributed by atoms with Gasteiger partial charge in [0.2, 0.25) is 0 Å². The molecule has 3 nitrogen and oxygen atoms in total. The Morgan fingerprint density at radius 2 is 1.50 bits per heavy atom. The van der Waals surface area contributed by atoms with Crippen LogP contribution in [0.2, 0.25) is 0 Å². The molecule has 0 aromatic heterocycles. The maximum atomic E-state index is 9.04. The molecule has 0 aliphatic heterocycles. The largest absolute Gasteiger partial charge is 0.396 e. The number of nitrogens with two attached hydrogens (primary N) is 1. The molecule has 0 spiro atoms. The van der Waals surface area contributed by atoms with Crippen molar-refractivity contribution in [3.63, 3.8) is 0 Å². The van der Waals surface area contributed by atoms with Gasteiger partial charge in [0.15, 0.2) is 0 Å². The van der Waals surface area contributed by atoms with E-state index < -0.39 is 0 Å². The highest BCUT2D eigenvalue weighted by molar-refractivity contribution is 4.87. The number of aliphatic hydroxyl groups excluding tert-OH is 1. The number of hydrogen-bond acceptors (Lipinski definition) is 3. The molecule has 0 aliphatic rings. The second-order valence-corrected chi connectivity index (χ2v) is 6.45. The fourth-order valence-corrected chi connectivity index (χ4v) is 1.35. The summed E-state index contributed by atoms with van der Waals surface area (Å²) in [5.41, 5.74) is 5.44. The van der Waals surface area contributed by atoms with Crippen molar-refractivity contribution in [1.29, 1.82) is 0 Å². The first-order valence-corrected chi connectivity index (χ1v) is 6.05. The first kappa shape index (κ1) is 15.9. The van der Waals surface area contributed by atoms with Crippen molar-refractivity contribution in [3.05, 3.63) is 0 Å². The molecule has 0 rings (SSSR count). The maximum Gasteiger partial charge on any atom is 0.0678 e. The third-order valence-corrected chi connectivity index (χ3v) is 3.58. The van der Waals surface area contributed by atoms with Crippen LogP contribution in [0.15, 0.2) is 0 Å². The molecule has 0 bridgehead atoms. The molecule has 0 fully saturated rings. The van der Waals surface area contributed by atoms with E-state index in [-0.39, 0.29) is 23.2 Å². The van der Waals surface area contributed by atoms with Crippen LogP contribution in [0.3, 0.4) is 0 Å². The highest BCUT2D eigenvalue weighted by Crippen LogP contribution is 2.36. The Morgan fingerprint density at radius 3 is 1.88 bits per heavy atom. The van der Waals surface area contributed by atoms with Gasteiger partial charge in [-0.15, -0.1) is 0 Å². The van der Waals surface area contributed by atoms with Crippen LogP contribution in [-0.2, 0) is 4.74 Å². The number of aliphatic hydroxyl groups is 1. The van der Waals surface area contributed by atoms with Crippen molar-refractivity contribution in [2.24, 2.45) is 11.1 Å². The van der Waals surface area contributed by atoms with Gasteiger partial charge < -0.3 is 15.6 Å². The fourth-order valence-electron chi connectivity index (χ4n) is 1.35. The molecule has 0 aromatic rings. The summed E-state index contributed by atoms with van der Waals surface area (Å²) in [6.45, 7) is 13.3. The minimum atomic E-state index is -0.249. The van der Waals surface area contributed by atoms with Gasteiger partial charge in [-0.2, -0.15) is 0 Å². The van der Waals surface area contributed by atoms with E-state index in [0.717, 1.165) is 12.8 Å². The first-order valence-electron chi connectivity index (χ1n) is 6.05. The van der Waals surface area contributed by atoms with Crippen molar-refractivity contribution in [2.45, 2.75) is 65.5 Å². The summed E-state index contributed by atoms with van der Waals surface area (Å²) in [6.07, 6.45) is 1.58. The third kappa shape index (κ3) is 5.28. The van der Waals surface area contributed by atoms with Crippen molar-refractivity contribution in [3.8, 4) is 0 Å². The molecule has 0 aromatic carbocycles. The first-order chi connectivity index (χ1) is 7.02. The zero-order chi connectivity index (χ0) is 13.0. The van der Waals surface area contributed by atoms with E-state index >= 15 is 0 Å². The summed E-state index contributed by atoms with van der Waals surface area (Å²) in [5.74, 6) is 0. The number of rotatable bonds is 7. The van der Waals surface area contributed by atoms with Gasteiger partial charge in [0.1, 0.15) is 0 Å². The molecule has 0 saturated carbocycles. The van der Waals surface area contributed by atoms with Crippen molar-refractivity contribution >= 4 is 0 Å². The van der Waals surface area contributed by atoms with Gasteiger partial charge in [-0.3, -0.25) is 0 Å². The summed E-state index contributed by atoms with van der Waals surface area (Å²) >= 11 is 0. The maximum absolute atomic E-state index is 9.04. The van der Waals surface area contributed by atoms with Gasteiger partial charge in [-0.25, -0.2) is 0 Å². The standard InChI is InChI=1S/C13H29NO2/c1-11(2,7-9-15)13(5,6)16-10-8-12(3,4)14/h15H,7-10,14H2,1-6H3. The van der Waals surface area contributed by atoms with Crippen molar-refractivity contribution < 1.29 is 9.84 Å². The van der Waals surface area contributed by atoms with Gasteiger partial charge in [0, 0.05) is 18.8 Å². The molecule has 0 atom stereocenters. The summed E-state index contributed by atoms with van der Waals surface area (Å²) in [6, 6.07) is 0. The van der Waals surface area contributed by atoms with Crippen LogP contribution in [0.5, 0.6) is 0 Å². The topological polar surface area (TPSA) is 55.5 Å². The van der Waals surface area contributed by atoms with E-state index in [0.29, 0.717) is 6.61 Å². The summed E-state index contributed by atoms with van der Waals surface area (Å²) < 4.78 is 5.93. The van der Waals surface area contributed by atoms with Crippen molar-refractivity contribution in [1.82, 2.24) is 0 Å². The van der Waals surface area contributed by atoms with Crippen molar-refractivity contribution in [2.75, 3.05) is 13.2 Å². The lowest BCUT2D eigenvalue weighted by molar-refractivity contribution is -0.107. The van der Waals surface area contributed by atoms with E-state index in [1.54, 1.807) is 0 Å². The zero-order valence-electron chi connectivity index (χ0n) is 11.8. The Hall–Kier alpha value is -0.120. The lowest BCUT2D eigenvalue weighted by Gasteiger charge is -2.41. The average molecular weight is 231 g/mol. The van der Waals surface area contributed by atoms with E-state index in [4.69, 9.17) is 15.6 Å². The molecule has 0 aliphatic carbocycles. The molecule has 3 heteroatoms. The summed E-state index contributed by atoms with van der Waals surface area (Å²) in [7, 11) is 0. The van der Waals surface area contributed by atoms with Crippen LogP contribution >= 0.6 is 0 Å². The van der Waals surface area contributed by atoms with Crippen LogP contribution in [0.1, 0.15) is 54.4 Å². The highest BCUT2D eigenvalue weighted by atomic mass is 16.5.